The van der Waals surface area contributed by atoms with E-state index in [2.05, 4.69) is 37.9 Å². The van der Waals surface area contributed by atoms with Gasteiger partial charge >= 0.3 is 0 Å². The normalized spacial score (nSPS) is 27.5. The van der Waals surface area contributed by atoms with Gasteiger partial charge in [0.1, 0.15) is 0 Å². The van der Waals surface area contributed by atoms with E-state index >= 15 is 0 Å². The van der Waals surface area contributed by atoms with Gasteiger partial charge < -0.3 is 5.73 Å². The van der Waals surface area contributed by atoms with Crippen molar-refractivity contribution in [2.24, 2.45) is 11.7 Å². The minimum absolute atomic E-state index is 0.334. The fourth-order valence-electron chi connectivity index (χ4n) is 3.06. The first-order valence-corrected chi connectivity index (χ1v) is 8.34. The van der Waals surface area contributed by atoms with Crippen molar-refractivity contribution in [3.05, 3.63) is 23.4 Å². The number of nitrogens with zero attached hydrogens (tertiary/aromatic N) is 1. The number of aryl methyl sites for hydroxylation is 2. The maximum Gasteiger partial charge on any atom is 0.0968 e. The lowest BCUT2D eigenvalue weighted by atomic mass is 9.83. The summed E-state index contributed by atoms with van der Waals surface area (Å²) in [6.07, 6.45) is 6.39. The number of rotatable bonds is 4. The first kappa shape index (κ1) is 14.9. The van der Waals surface area contributed by atoms with Crippen molar-refractivity contribution < 1.29 is 0 Å². The highest BCUT2D eigenvalue weighted by Gasteiger charge is 2.28. The summed E-state index contributed by atoms with van der Waals surface area (Å²) in [5.74, 6) is 0.869. The molecule has 3 unspecified atom stereocenters. The molecule has 19 heavy (non-hydrogen) atoms. The largest absolute Gasteiger partial charge is 0.327 e. The number of thioether (sulfide) groups is 1. The Bertz CT molecular complexity index is 399. The molecule has 1 heterocycles. The maximum atomic E-state index is 6.31. The van der Waals surface area contributed by atoms with Crippen LogP contribution in [0.1, 0.15) is 50.3 Å². The van der Waals surface area contributed by atoms with Crippen molar-refractivity contribution >= 4 is 11.8 Å². The summed E-state index contributed by atoms with van der Waals surface area (Å²) in [4.78, 5) is 4.64. The van der Waals surface area contributed by atoms with Crippen LogP contribution in [0.5, 0.6) is 0 Å². The Labute approximate surface area is 121 Å². The molecular formula is C16H26N2S. The van der Waals surface area contributed by atoms with Gasteiger partial charge in [-0.1, -0.05) is 19.8 Å². The van der Waals surface area contributed by atoms with Gasteiger partial charge in [-0.3, -0.25) is 0 Å². The molecule has 2 rings (SSSR count). The molecule has 0 aliphatic heterocycles. The van der Waals surface area contributed by atoms with E-state index in [1.807, 2.05) is 11.8 Å². The zero-order valence-corrected chi connectivity index (χ0v) is 13.2. The Morgan fingerprint density at radius 3 is 2.79 bits per heavy atom. The molecule has 2 nitrogen and oxygen atoms in total. The summed E-state index contributed by atoms with van der Waals surface area (Å²) in [6, 6.07) is 4.65. The molecule has 1 saturated carbocycles. The lowest BCUT2D eigenvalue weighted by molar-refractivity contribution is 0.316. The van der Waals surface area contributed by atoms with Crippen LogP contribution < -0.4 is 5.73 Å². The van der Waals surface area contributed by atoms with E-state index in [1.165, 1.54) is 37.7 Å². The van der Waals surface area contributed by atoms with Gasteiger partial charge in [-0.25, -0.2) is 4.98 Å². The van der Waals surface area contributed by atoms with E-state index in [9.17, 15) is 0 Å². The topological polar surface area (TPSA) is 38.9 Å². The molecule has 0 saturated heterocycles. The quantitative estimate of drug-likeness (QED) is 0.901. The van der Waals surface area contributed by atoms with Crippen molar-refractivity contribution in [2.45, 2.75) is 69.2 Å². The maximum absolute atomic E-state index is 6.31. The first-order chi connectivity index (χ1) is 9.08. The van der Waals surface area contributed by atoms with Gasteiger partial charge in [0.25, 0.3) is 0 Å². The molecule has 1 aliphatic rings. The average molecular weight is 278 g/mol. The lowest BCUT2D eigenvalue weighted by Crippen LogP contribution is -2.38. The minimum atomic E-state index is 0.334. The van der Waals surface area contributed by atoms with Crippen LogP contribution in [0.25, 0.3) is 0 Å². The van der Waals surface area contributed by atoms with Gasteiger partial charge in [0.15, 0.2) is 0 Å². The van der Waals surface area contributed by atoms with Crippen molar-refractivity contribution in [1.82, 2.24) is 4.98 Å². The fraction of sp³-hybridized carbons (Fsp3) is 0.688. The second-order valence-electron chi connectivity index (χ2n) is 5.91. The third kappa shape index (κ3) is 4.22. The van der Waals surface area contributed by atoms with Crippen LogP contribution in [0.4, 0.5) is 0 Å². The van der Waals surface area contributed by atoms with Crippen LogP contribution in [0, 0.1) is 19.8 Å². The van der Waals surface area contributed by atoms with E-state index in [0.717, 1.165) is 16.6 Å². The summed E-state index contributed by atoms with van der Waals surface area (Å²) < 4.78 is 0. The molecule has 1 aromatic rings. The van der Waals surface area contributed by atoms with Gasteiger partial charge in [0, 0.05) is 17.0 Å². The van der Waals surface area contributed by atoms with Crippen molar-refractivity contribution in [3.8, 4) is 0 Å². The summed E-state index contributed by atoms with van der Waals surface area (Å²) in [5.41, 5.74) is 8.72. The molecule has 0 aromatic carbocycles. The molecule has 2 N–H and O–H groups in total. The SMILES string of the molecule is CCCC1CCC(N)C(Sc2cc(C)cc(C)n2)C1. The second-order valence-corrected chi connectivity index (χ2v) is 7.17. The van der Waals surface area contributed by atoms with Crippen LogP contribution in [-0.2, 0) is 0 Å². The lowest BCUT2D eigenvalue weighted by Gasteiger charge is -2.33. The third-order valence-corrected chi connectivity index (χ3v) is 5.29. The third-order valence-electron chi connectivity index (χ3n) is 3.99. The Balaban J connectivity index is 2.03. The predicted octanol–water partition coefficient (Wildman–Crippen LogP) is 4.09. The number of nitrogens with two attached hydrogens (primary N) is 1. The Morgan fingerprint density at radius 1 is 1.32 bits per heavy atom. The van der Waals surface area contributed by atoms with Gasteiger partial charge in [-0.15, -0.1) is 11.8 Å². The van der Waals surface area contributed by atoms with E-state index in [1.54, 1.807) is 0 Å². The highest BCUT2D eigenvalue weighted by atomic mass is 32.2. The predicted molar refractivity (Wildman–Crippen MR) is 83.6 cm³/mol. The molecule has 3 heteroatoms. The average Bonchev–Trinajstić information content (AvgIpc) is 2.32. The van der Waals surface area contributed by atoms with E-state index in [4.69, 9.17) is 5.73 Å². The van der Waals surface area contributed by atoms with Gasteiger partial charge in [-0.05, 0) is 56.7 Å². The summed E-state index contributed by atoms with van der Waals surface area (Å²) in [7, 11) is 0. The first-order valence-electron chi connectivity index (χ1n) is 7.46. The fourth-order valence-corrected chi connectivity index (χ4v) is 4.50. The van der Waals surface area contributed by atoms with Gasteiger partial charge in [-0.2, -0.15) is 0 Å². The Morgan fingerprint density at radius 2 is 2.11 bits per heavy atom. The highest BCUT2D eigenvalue weighted by Crippen LogP contribution is 2.37. The Kier molecular flexibility index (Phi) is 5.28. The summed E-state index contributed by atoms with van der Waals surface area (Å²) in [6.45, 7) is 6.49. The summed E-state index contributed by atoms with van der Waals surface area (Å²) in [5, 5.41) is 1.69. The van der Waals surface area contributed by atoms with Crippen LogP contribution in [0.2, 0.25) is 0 Å². The minimum Gasteiger partial charge on any atom is -0.327 e. The van der Waals surface area contributed by atoms with E-state index in [0.29, 0.717) is 11.3 Å². The molecule has 3 atom stereocenters. The second kappa shape index (κ2) is 6.76. The van der Waals surface area contributed by atoms with E-state index in [-0.39, 0.29) is 0 Å². The van der Waals surface area contributed by atoms with Crippen molar-refractivity contribution in [1.29, 1.82) is 0 Å². The van der Waals surface area contributed by atoms with Gasteiger partial charge in [0.2, 0.25) is 0 Å². The zero-order chi connectivity index (χ0) is 13.8. The standard InChI is InChI=1S/C16H26N2S/c1-4-5-13-6-7-14(17)15(10-13)19-16-9-11(2)8-12(3)18-16/h8-9,13-15H,4-7,10,17H2,1-3H3. The Hall–Kier alpha value is -0.540. The van der Waals surface area contributed by atoms with Crippen LogP contribution >= 0.6 is 11.8 Å². The van der Waals surface area contributed by atoms with Crippen molar-refractivity contribution in [2.75, 3.05) is 0 Å². The van der Waals surface area contributed by atoms with E-state index < -0.39 is 0 Å². The molecule has 0 amide bonds. The van der Waals surface area contributed by atoms with Crippen LogP contribution in [0.3, 0.4) is 0 Å². The highest BCUT2D eigenvalue weighted by molar-refractivity contribution is 7.99. The molecule has 0 spiro atoms. The monoisotopic (exact) mass is 278 g/mol. The van der Waals surface area contributed by atoms with Crippen molar-refractivity contribution in [3.63, 3.8) is 0 Å². The van der Waals surface area contributed by atoms with Gasteiger partial charge in [0.05, 0.1) is 5.03 Å². The van der Waals surface area contributed by atoms with Crippen LogP contribution in [-0.4, -0.2) is 16.3 Å². The zero-order valence-electron chi connectivity index (χ0n) is 12.4. The smallest absolute Gasteiger partial charge is 0.0968 e. The molecule has 1 fully saturated rings. The molecule has 1 aromatic heterocycles. The molecule has 1 aliphatic carbocycles. The molecular weight excluding hydrogens is 252 g/mol. The number of hydrogen-bond acceptors (Lipinski definition) is 3. The summed E-state index contributed by atoms with van der Waals surface area (Å²) >= 11 is 1.89. The molecule has 0 radical (unpaired) electrons. The number of aromatic nitrogens is 1. The number of pyridine rings is 1. The molecule has 106 valence electrons. The molecule has 0 bridgehead atoms. The van der Waals surface area contributed by atoms with Crippen LogP contribution in [0.15, 0.2) is 17.2 Å². The number of hydrogen-bond donors (Lipinski definition) is 1.